The van der Waals surface area contributed by atoms with Crippen molar-refractivity contribution in [2.45, 2.75) is 13.3 Å². The number of alkyl halides is 3. The van der Waals surface area contributed by atoms with E-state index < -0.39 is 23.6 Å². The van der Waals surface area contributed by atoms with Crippen molar-refractivity contribution in [3.8, 4) is 11.6 Å². The monoisotopic (exact) mass is 265 g/mol. The number of aryl methyl sites for hydroxylation is 1. The fraction of sp³-hybridized carbons (Fsp3) is 0.400. The lowest BCUT2D eigenvalue weighted by Gasteiger charge is -2.14. The number of aromatic nitrogens is 1. The van der Waals surface area contributed by atoms with Crippen LogP contribution in [0.25, 0.3) is 0 Å². The molecule has 18 heavy (non-hydrogen) atoms. The lowest BCUT2D eigenvalue weighted by Crippen LogP contribution is -2.20. The van der Waals surface area contributed by atoms with Gasteiger partial charge in [-0.25, -0.2) is 9.78 Å². The van der Waals surface area contributed by atoms with Crippen molar-refractivity contribution < 1.29 is 32.2 Å². The first-order valence-corrected chi connectivity index (χ1v) is 4.68. The molecule has 0 aliphatic rings. The first kappa shape index (κ1) is 14.1. The largest absolute Gasteiger partial charge is 0.573 e. The quantitative estimate of drug-likeness (QED) is 0.783. The molecule has 0 atom stereocenters. The molecule has 0 radical (unpaired) electrons. The van der Waals surface area contributed by atoms with Gasteiger partial charge in [-0.1, -0.05) is 0 Å². The molecule has 0 amide bonds. The molecule has 0 unspecified atom stereocenters. The molecule has 0 fully saturated rings. The average Bonchev–Trinajstić information content (AvgIpc) is 2.28. The predicted molar refractivity (Wildman–Crippen MR) is 53.5 cm³/mol. The minimum absolute atomic E-state index is 0.0116. The number of methoxy groups -OCH3 is 2. The normalized spacial score (nSPS) is 11.0. The Labute approximate surface area is 100 Å². The lowest BCUT2D eigenvalue weighted by molar-refractivity contribution is -0.275. The smallest absolute Gasteiger partial charge is 0.481 e. The fourth-order valence-corrected chi connectivity index (χ4v) is 1.24. The van der Waals surface area contributed by atoms with Crippen LogP contribution in [0.5, 0.6) is 11.6 Å². The zero-order valence-corrected chi connectivity index (χ0v) is 9.79. The minimum Gasteiger partial charge on any atom is -0.481 e. The van der Waals surface area contributed by atoms with Gasteiger partial charge in [0.05, 0.1) is 19.9 Å². The Morgan fingerprint density at radius 3 is 2.39 bits per heavy atom. The first-order valence-electron chi connectivity index (χ1n) is 4.68. The second-order valence-corrected chi connectivity index (χ2v) is 3.17. The summed E-state index contributed by atoms with van der Waals surface area (Å²) in [6.07, 6.45) is -4.93. The molecule has 0 aliphatic heterocycles. The summed E-state index contributed by atoms with van der Waals surface area (Å²) in [5.41, 5.74) is -0.536. The molecule has 8 heteroatoms. The summed E-state index contributed by atoms with van der Waals surface area (Å²) in [6, 6.07) is 1.01. The van der Waals surface area contributed by atoms with Crippen LogP contribution in [0.4, 0.5) is 13.2 Å². The maximum atomic E-state index is 12.2. The van der Waals surface area contributed by atoms with E-state index >= 15 is 0 Å². The number of nitrogens with zero attached hydrogens (tertiary/aromatic N) is 1. The van der Waals surface area contributed by atoms with Crippen LogP contribution in [0, 0.1) is 6.92 Å². The molecule has 1 aromatic heterocycles. The van der Waals surface area contributed by atoms with Crippen molar-refractivity contribution in [1.82, 2.24) is 4.98 Å². The Kier molecular flexibility index (Phi) is 4.00. The third kappa shape index (κ3) is 3.25. The maximum absolute atomic E-state index is 12.2. The summed E-state index contributed by atoms with van der Waals surface area (Å²) < 4.78 is 49.6. The van der Waals surface area contributed by atoms with Crippen LogP contribution in [0.3, 0.4) is 0 Å². The molecule has 0 bridgehead atoms. The van der Waals surface area contributed by atoms with Crippen molar-refractivity contribution in [1.29, 1.82) is 0 Å². The van der Waals surface area contributed by atoms with Crippen molar-refractivity contribution >= 4 is 5.97 Å². The molecule has 1 aromatic rings. The molecule has 0 N–H and O–H groups in total. The van der Waals surface area contributed by atoms with Crippen LogP contribution in [0.2, 0.25) is 0 Å². The molecule has 100 valence electrons. The molecule has 0 spiro atoms. The van der Waals surface area contributed by atoms with Crippen molar-refractivity contribution in [2.75, 3.05) is 14.2 Å². The van der Waals surface area contributed by atoms with Crippen LogP contribution in [-0.4, -0.2) is 31.5 Å². The SMILES string of the molecule is COC(=O)c1cc(OC)nc(C)c1OC(F)(F)F. The number of hydrogen-bond donors (Lipinski definition) is 0. The summed E-state index contributed by atoms with van der Waals surface area (Å²) in [7, 11) is 2.31. The third-order valence-electron chi connectivity index (χ3n) is 1.95. The summed E-state index contributed by atoms with van der Waals surface area (Å²) in [5, 5.41) is 0. The van der Waals surface area contributed by atoms with Gasteiger partial charge < -0.3 is 14.2 Å². The Balaban J connectivity index is 3.33. The van der Waals surface area contributed by atoms with E-state index in [0.29, 0.717) is 0 Å². The van der Waals surface area contributed by atoms with Gasteiger partial charge >= 0.3 is 12.3 Å². The minimum atomic E-state index is -4.93. The van der Waals surface area contributed by atoms with Gasteiger partial charge in [-0.2, -0.15) is 0 Å². The average molecular weight is 265 g/mol. The van der Waals surface area contributed by atoms with Crippen LogP contribution < -0.4 is 9.47 Å². The van der Waals surface area contributed by atoms with Crippen molar-refractivity contribution in [2.24, 2.45) is 0 Å². The molecule has 1 heterocycles. The molecule has 0 aromatic carbocycles. The number of halogens is 3. The van der Waals surface area contributed by atoms with Crippen LogP contribution in [0.15, 0.2) is 6.07 Å². The summed E-state index contributed by atoms with van der Waals surface area (Å²) in [6.45, 7) is 1.26. The van der Waals surface area contributed by atoms with Gasteiger partial charge in [0.1, 0.15) is 5.56 Å². The molecule has 0 aliphatic carbocycles. The zero-order chi connectivity index (χ0) is 13.9. The number of hydrogen-bond acceptors (Lipinski definition) is 5. The highest BCUT2D eigenvalue weighted by Gasteiger charge is 2.34. The van der Waals surface area contributed by atoms with E-state index in [9.17, 15) is 18.0 Å². The number of ether oxygens (including phenoxy) is 3. The second-order valence-electron chi connectivity index (χ2n) is 3.17. The van der Waals surface area contributed by atoms with Gasteiger partial charge in [-0.3, -0.25) is 0 Å². The highest BCUT2D eigenvalue weighted by Crippen LogP contribution is 2.31. The highest BCUT2D eigenvalue weighted by molar-refractivity contribution is 5.93. The molecule has 1 rings (SSSR count). The lowest BCUT2D eigenvalue weighted by atomic mass is 10.2. The number of esters is 1. The van der Waals surface area contributed by atoms with Crippen LogP contribution >= 0.6 is 0 Å². The van der Waals surface area contributed by atoms with E-state index in [2.05, 4.69) is 14.5 Å². The Hall–Kier alpha value is -1.99. The summed E-state index contributed by atoms with van der Waals surface area (Å²) >= 11 is 0. The maximum Gasteiger partial charge on any atom is 0.573 e. The Bertz CT molecular complexity index is 459. The Morgan fingerprint density at radius 2 is 1.94 bits per heavy atom. The molecular weight excluding hydrogens is 255 g/mol. The van der Waals surface area contributed by atoms with E-state index in [1.54, 1.807) is 0 Å². The highest BCUT2D eigenvalue weighted by atomic mass is 19.4. The van der Waals surface area contributed by atoms with Gasteiger partial charge in [0, 0.05) is 6.07 Å². The zero-order valence-electron chi connectivity index (χ0n) is 9.79. The van der Waals surface area contributed by atoms with E-state index in [4.69, 9.17) is 4.74 Å². The first-order chi connectivity index (χ1) is 8.28. The molecule has 0 saturated carbocycles. The third-order valence-corrected chi connectivity index (χ3v) is 1.95. The summed E-state index contributed by atoms with van der Waals surface area (Å²) in [4.78, 5) is 15.1. The van der Waals surface area contributed by atoms with Gasteiger partial charge in [0.2, 0.25) is 5.88 Å². The van der Waals surface area contributed by atoms with E-state index in [1.807, 2.05) is 0 Å². The van der Waals surface area contributed by atoms with Gasteiger partial charge in [-0.05, 0) is 6.92 Å². The molecule has 0 saturated heterocycles. The van der Waals surface area contributed by atoms with Crippen molar-refractivity contribution in [3.05, 3.63) is 17.3 Å². The van der Waals surface area contributed by atoms with Gasteiger partial charge in [-0.15, -0.1) is 13.2 Å². The number of carbonyl (C=O) groups is 1. The topological polar surface area (TPSA) is 57.7 Å². The van der Waals surface area contributed by atoms with E-state index in [0.717, 1.165) is 13.2 Å². The molecule has 5 nitrogen and oxygen atoms in total. The van der Waals surface area contributed by atoms with E-state index in [1.165, 1.54) is 14.0 Å². The number of rotatable bonds is 3. The van der Waals surface area contributed by atoms with E-state index in [-0.39, 0.29) is 11.6 Å². The molecular formula is C10H10F3NO4. The second kappa shape index (κ2) is 5.11. The van der Waals surface area contributed by atoms with Gasteiger partial charge in [0.15, 0.2) is 5.75 Å². The number of carbonyl (C=O) groups excluding carboxylic acids is 1. The summed E-state index contributed by atoms with van der Waals surface area (Å²) in [5.74, 6) is -1.68. The van der Waals surface area contributed by atoms with Gasteiger partial charge in [0.25, 0.3) is 0 Å². The van der Waals surface area contributed by atoms with Crippen LogP contribution in [-0.2, 0) is 4.74 Å². The fourth-order valence-electron chi connectivity index (χ4n) is 1.24. The Morgan fingerprint density at radius 1 is 1.33 bits per heavy atom. The van der Waals surface area contributed by atoms with Crippen LogP contribution in [0.1, 0.15) is 16.1 Å². The van der Waals surface area contributed by atoms with Crippen molar-refractivity contribution in [3.63, 3.8) is 0 Å². The number of pyridine rings is 1. The standard InChI is InChI=1S/C10H10F3NO4/c1-5-8(18-10(11,12)13)6(9(15)17-3)4-7(14-5)16-2/h4H,1-3H3. The predicted octanol–water partition coefficient (Wildman–Crippen LogP) is 2.08.